The van der Waals surface area contributed by atoms with Crippen LogP contribution >= 0.6 is 0 Å². The molecule has 1 aromatic heterocycles. The van der Waals surface area contributed by atoms with Gasteiger partial charge in [0.2, 0.25) is 5.91 Å². The third-order valence-electron chi connectivity index (χ3n) is 6.72. The first-order valence-electron chi connectivity index (χ1n) is 12.1. The third-order valence-corrected chi connectivity index (χ3v) is 6.72. The highest BCUT2D eigenvalue weighted by molar-refractivity contribution is 5.87. The van der Waals surface area contributed by atoms with Crippen LogP contribution in [-0.4, -0.2) is 50.4 Å². The summed E-state index contributed by atoms with van der Waals surface area (Å²) in [6, 6.07) is 7.10. The summed E-state index contributed by atoms with van der Waals surface area (Å²) >= 11 is 0. The Morgan fingerprint density at radius 1 is 1.31 bits per heavy atom. The van der Waals surface area contributed by atoms with E-state index < -0.39 is 35.5 Å². The highest BCUT2D eigenvalue weighted by Crippen LogP contribution is 2.43. The number of rotatable bonds is 6. The largest absolute Gasteiger partial charge is 0.444 e. The monoisotopic (exact) mass is 481 g/mol. The molecule has 1 saturated carbocycles. The molecule has 2 bridgehead atoms. The molecule has 2 aromatic rings. The van der Waals surface area contributed by atoms with Crippen LogP contribution in [0.1, 0.15) is 52.5 Å². The molecule has 2 fully saturated rings. The maximum absolute atomic E-state index is 14.9. The molecule has 2 amide bonds. The van der Waals surface area contributed by atoms with Crippen molar-refractivity contribution in [3.63, 3.8) is 0 Å². The quantitative estimate of drug-likeness (QED) is 0.671. The van der Waals surface area contributed by atoms with E-state index in [1.54, 1.807) is 43.8 Å². The lowest BCUT2D eigenvalue weighted by Crippen LogP contribution is -2.55. The van der Waals surface area contributed by atoms with Crippen molar-refractivity contribution in [3.05, 3.63) is 41.8 Å². The lowest BCUT2D eigenvalue weighted by molar-refractivity contribution is -0.128. The number of carbonyl (C=O) groups is 2. The van der Waals surface area contributed by atoms with Crippen LogP contribution in [0.4, 0.5) is 9.18 Å². The summed E-state index contributed by atoms with van der Waals surface area (Å²) in [4.78, 5) is 27.6. The molecule has 4 atom stereocenters. The van der Waals surface area contributed by atoms with E-state index in [2.05, 4.69) is 16.5 Å². The van der Waals surface area contributed by atoms with Crippen molar-refractivity contribution in [2.45, 2.75) is 83.6 Å². The van der Waals surface area contributed by atoms with Crippen molar-refractivity contribution in [1.82, 2.24) is 20.0 Å². The minimum absolute atomic E-state index is 0.0225. The Bertz CT molecular complexity index is 1150. The number of hydrogen-bond donors (Lipinski definition) is 1. The van der Waals surface area contributed by atoms with Gasteiger partial charge in [-0.15, -0.1) is 0 Å². The van der Waals surface area contributed by atoms with Gasteiger partial charge in [-0.3, -0.25) is 14.4 Å². The van der Waals surface area contributed by atoms with Crippen molar-refractivity contribution in [2.75, 3.05) is 0 Å². The smallest absolute Gasteiger partial charge is 0.411 e. The number of fused-ring (bicyclic) bond motifs is 2. The molecule has 9 heteroatoms. The van der Waals surface area contributed by atoms with Gasteiger partial charge in [0, 0.05) is 30.8 Å². The van der Waals surface area contributed by atoms with E-state index in [1.807, 2.05) is 13.0 Å². The van der Waals surface area contributed by atoms with E-state index in [0.717, 1.165) is 25.0 Å². The second-order valence-corrected chi connectivity index (χ2v) is 10.3. The van der Waals surface area contributed by atoms with Crippen molar-refractivity contribution in [3.8, 4) is 17.3 Å². The van der Waals surface area contributed by atoms with E-state index in [0.29, 0.717) is 17.7 Å². The minimum atomic E-state index is -0.927. The van der Waals surface area contributed by atoms with Crippen LogP contribution in [0, 0.1) is 23.1 Å². The Morgan fingerprint density at radius 3 is 2.74 bits per heavy atom. The molecule has 1 aliphatic heterocycles. The maximum atomic E-state index is 14.9. The molecule has 0 unspecified atom stereocenters. The number of likely N-dealkylation sites (tertiary alicyclic amines) is 1. The molecular formula is C26H32FN5O3. The first-order chi connectivity index (χ1) is 16.6. The molecule has 35 heavy (non-hydrogen) atoms. The van der Waals surface area contributed by atoms with Crippen LogP contribution in [0.5, 0.6) is 0 Å². The van der Waals surface area contributed by atoms with Gasteiger partial charge in [-0.2, -0.15) is 10.4 Å². The molecule has 2 heterocycles. The average Bonchev–Trinajstić information content (AvgIpc) is 3.54. The van der Waals surface area contributed by atoms with Gasteiger partial charge < -0.3 is 10.1 Å². The van der Waals surface area contributed by atoms with Crippen LogP contribution < -0.4 is 5.32 Å². The molecule has 1 aliphatic carbocycles. The van der Waals surface area contributed by atoms with Crippen molar-refractivity contribution in [1.29, 1.82) is 5.26 Å². The zero-order valence-electron chi connectivity index (χ0n) is 20.6. The number of benzene rings is 1. The predicted octanol–water partition coefficient (Wildman–Crippen LogP) is 4.05. The molecule has 4 rings (SSSR count). The molecule has 0 radical (unpaired) electrons. The number of aromatic nitrogens is 2. The average molecular weight is 482 g/mol. The number of carbonyl (C=O) groups excluding carboxylic acids is 2. The van der Waals surface area contributed by atoms with E-state index >= 15 is 0 Å². The molecule has 186 valence electrons. The third kappa shape index (κ3) is 5.16. The Balaban J connectivity index is 1.46. The number of ether oxygens (including phenoxy) is 1. The standard InChI is InChI=1S/C26H32FN5O3/c1-5-31-22(10-11-29-31)17-7-6-16(21(27)14-17)12-19(15-28)30-24(33)23-18-8-9-20(13-18)32(23)25(34)35-26(2,3)4/h6-7,10-11,14,18-20,23H,5,8-9,12-13H2,1-4H3,(H,30,33)/t18-,19-,20+,23-/m0/s1. The van der Waals surface area contributed by atoms with Crippen LogP contribution in [0.25, 0.3) is 11.3 Å². The second kappa shape index (κ2) is 9.68. The van der Waals surface area contributed by atoms with Gasteiger partial charge in [-0.25, -0.2) is 9.18 Å². The summed E-state index contributed by atoms with van der Waals surface area (Å²) in [6.45, 7) is 7.99. The van der Waals surface area contributed by atoms with E-state index in [4.69, 9.17) is 4.74 Å². The Morgan fingerprint density at radius 2 is 2.09 bits per heavy atom. The van der Waals surface area contributed by atoms with Crippen molar-refractivity contribution >= 4 is 12.0 Å². The summed E-state index contributed by atoms with van der Waals surface area (Å²) in [5, 5.41) is 16.7. The van der Waals surface area contributed by atoms with Gasteiger partial charge in [0.15, 0.2) is 0 Å². The SMILES string of the molecule is CCn1nccc1-c1ccc(C[C@@H](C#N)NC(=O)[C@@H]2[C@H]3CC[C@H](C3)N2C(=O)OC(C)(C)C)c(F)c1. The summed E-state index contributed by atoms with van der Waals surface area (Å²) in [6.07, 6.45) is 3.62. The normalized spacial score (nSPS) is 22.1. The lowest BCUT2D eigenvalue weighted by Gasteiger charge is -2.35. The fourth-order valence-corrected chi connectivity index (χ4v) is 5.21. The molecular weight excluding hydrogens is 449 g/mol. The molecule has 1 N–H and O–H groups in total. The summed E-state index contributed by atoms with van der Waals surface area (Å²) < 4.78 is 22.3. The fourth-order valence-electron chi connectivity index (χ4n) is 5.21. The van der Waals surface area contributed by atoms with Crippen LogP contribution in [0.15, 0.2) is 30.5 Å². The highest BCUT2D eigenvalue weighted by Gasteiger charge is 2.52. The number of aryl methyl sites for hydroxylation is 1. The maximum Gasteiger partial charge on any atom is 0.411 e. The number of amides is 2. The predicted molar refractivity (Wildman–Crippen MR) is 128 cm³/mol. The Kier molecular flexibility index (Phi) is 6.84. The summed E-state index contributed by atoms with van der Waals surface area (Å²) in [5.41, 5.74) is 1.16. The molecule has 1 aromatic carbocycles. The Labute approximate surface area is 205 Å². The van der Waals surface area contributed by atoms with Crippen LogP contribution in [-0.2, 0) is 22.5 Å². The second-order valence-electron chi connectivity index (χ2n) is 10.3. The Hall–Kier alpha value is -3.41. The van der Waals surface area contributed by atoms with Crippen LogP contribution in [0.2, 0.25) is 0 Å². The highest BCUT2D eigenvalue weighted by atomic mass is 19.1. The first-order valence-corrected chi connectivity index (χ1v) is 12.1. The number of nitriles is 1. The summed E-state index contributed by atoms with van der Waals surface area (Å²) in [7, 11) is 0. The van der Waals surface area contributed by atoms with E-state index in [-0.39, 0.29) is 18.4 Å². The fraction of sp³-hybridized carbons (Fsp3) is 0.538. The van der Waals surface area contributed by atoms with E-state index in [1.165, 1.54) is 11.0 Å². The number of hydrogen-bond acceptors (Lipinski definition) is 5. The van der Waals surface area contributed by atoms with Crippen LogP contribution in [0.3, 0.4) is 0 Å². The van der Waals surface area contributed by atoms with Crippen molar-refractivity contribution in [2.24, 2.45) is 5.92 Å². The van der Waals surface area contributed by atoms with Gasteiger partial charge in [-0.05, 0) is 70.6 Å². The lowest BCUT2D eigenvalue weighted by atomic mass is 9.97. The molecule has 2 aliphatic rings. The van der Waals surface area contributed by atoms with Gasteiger partial charge in [0.25, 0.3) is 0 Å². The first kappa shape index (κ1) is 24.7. The molecule has 1 saturated heterocycles. The number of piperidine rings is 1. The van der Waals surface area contributed by atoms with Gasteiger partial charge in [0.05, 0.1) is 11.8 Å². The van der Waals surface area contributed by atoms with Gasteiger partial charge in [0.1, 0.15) is 23.5 Å². The number of nitrogens with one attached hydrogen (secondary N) is 1. The topological polar surface area (TPSA) is 100 Å². The zero-order valence-corrected chi connectivity index (χ0v) is 20.6. The molecule has 0 spiro atoms. The van der Waals surface area contributed by atoms with Gasteiger partial charge in [-0.1, -0.05) is 12.1 Å². The summed E-state index contributed by atoms with van der Waals surface area (Å²) in [5.74, 6) is -0.805. The minimum Gasteiger partial charge on any atom is -0.444 e. The van der Waals surface area contributed by atoms with Gasteiger partial charge >= 0.3 is 6.09 Å². The van der Waals surface area contributed by atoms with E-state index in [9.17, 15) is 19.2 Å². The number of halogens is 1. The van der Waals surface area contributed by atoms with Crippen molar-refractivity contribution < 1.29 is 18.7 Å². The zero-order chi connectivity index (χ0) is 25.3. The molecule has 8 nitrogen and oxygen atoms in total. The number of nitrogens with zero attached hydrogens (tertiary/aromatic N) is 4.